The van der Waals surface area contributed by atoms with E-state index >= 15 is 0 Å². The normalized spacial score (nSPS) is 20.7. The maximum Gasteiger partial charge on any atom is 0.336 e. The molecule has 0 aliphatic carbocycles. The third-order valence-corrected chi connectivity index (χ3v) is 4.77. The summed E-state index contributed by atoms with van der Waals surface area (Å²) in [7, 11) is 0. The lowest BCUT2D eigenvalue weighted by Crippen LogP contribution is -2.44. The number of amides is 1. The largest absolute Gasteiger partial charge is 0.484 e. The van der Waals surface area contributed by atoms with Gasteiger partial charge in [-0.15, -0.1) is 0 Å². The van der Waals surface area contributed by atoms with E-state index in [0.29, 0.717) is 23.2 Å². The molecule has 0 bridgehead atoms. The fourth-order valence-electron chi connectivity index (χ4n) is 3.70. The molecule has 2 atom stereocenters. The number of rotatable bonds is 4. The zero-order chi connectivity index (χ0) is 18.0. The fraction of sp³-hybridized carbons (Fsp3) is 0.500. The number of nitrogens with zero attached hydrogens (tertiary/aromatic N) is 1. The number of carbonyl (C=O) groups excluding carboxylic acids is 1. The van der Waals surface area contributed by atoms with Crippen LogP contribution in [0.2, 0.25) is 0 Å². The molecule has 0 saturated carbocycles. The van der Waals surface area contributed by atoms with Crippen LogP contribution >= 0.6 is 0 Å². The number of ether oxygens (including phenoxy) is 1. The Morgan fingerprint density at radius 3 is 2.64 bits per heavy atom. The predicted molar refractivity (Wildman–Crippen MR) is 96.9 cm³/mol. The van der Waals surface area contributed by atoms with Crippen molar-refractivity contribution in [3.8, 4) is 5.75 Å². The third-order valence-electron chi connectivity index (χ3n) is 4.77. The van der Waals surface area contributed by atoms with E-state index in [1.54, 1.807) is 6.07 Å². The number of aryl methyl sites for hydroxylation is 1. The van der Waals surface area contributed by atoms with Crippen LogP contribution in [-0.2, 0) is 11.2 Å². The summed E-state index contributed by atoms with van der Waals surface area (Å²) in [5.41, 5.74) is 1.08. The van der Waals surface area contributed by atoms with Gasteiger partial charge in [-0.05, 0) is 42.4 Å². The van der Waals surface area contributed by atoms with Crippen LogP contribution in [0.5, 0.6) is 5.75 Å². The highest BCUT2D eigenvalue weighted by molar-refractivity contribution is 5.82. The summed E-state index contributed by atoms with van der Waals surface area (Å²) in [5.74, 6) is 1.59. The number of hydrogen-bond donors (Lipinski definition) is 0. The molecule has 2 unspecified atom stereocenters. The molecule has 1 fully saturated rings. The molecule has 5 nitrogen and oxygen atoms in total. The van der Waals surface area contributed by atoms with Crippen molar-refractivity contribution < 1.29 is 13.9 Å². The van der Waals surface area contributed by atoms with E-state index in [2.05, 4.69) is 13.8 Å². The first-order valence-corrected chi connectivity index (χ1v) is 8.93. The van der Waals surface area contributed by atoms with Gasteiger partial charge < -0.3 is 14.1 Å². The van der Waals surface area contributed by atoms with Crippen LogP contribution < -0.4 is 10.4 Å². The van der Waals surface area contributed by atoms with E-state index in [0.717, 1.165) is 36.9 Å². The number of hydrogen-bond acceptors (Lipinski definition) is 4. The van der Waals surface area contributed by atoms with Crippen molar-refractivity contribution in [1.82, 2.24) is 4.90 Å². The summed E-state index contributed by atoms with van der Waals surface area (Å²) in [4.78, 5) is 25.9. The molecule has 1 saturated heterocycles. The molecule has 25 heavy (non-hydrogen) atoms. The van der Waals surface area contributed by atoms with Gasteiger partial charge in [0.1, 0.15) is 11.3 Å². The molecule has 3 rings (SSSR count). The van der Waals surface area contributed by atoms with E-state index in [1.165, 1.54) is 6.07 Å². The molecule has 5 heteroatoms. The predicted octanol–water partition coefficient (Wildman–Crippen LogP) is 3.24. The van der Waals surface area contributed by atoms with E-state index in [4.69, 9.17) is 9.15 Å². The Balaban J connectivity index is 1.71. The average Bonchev–Trinajstić information content (AvgIpc) is 2.57. The zero-order valence-electron chi connectivity index (χ0n) is 15.1. The van der Waals surface area contributed by atoms with Crippen molar-refractivity contribution in [2.24, 2.45) is 11.8 Å². The minimum absolute atomic E-state index is 0.00209. The molecule has 134 valence electrons. The molecule has 0 spiro atoms. The van der Waals surface area contributed by atoms with Gasteiger partial charge in [-0.2, -0.15) is 0 Å². The number of fused-ring (bicyclic) bond motifs is 1. The average molecular weight is 343 g/mol. The molecule has 1 aromatic heterocycles. The van der Waals surface area contributed by atoms with Crippen LogP contribution in [-0.4, -0.2) is 30.5 Å². The van der Waals surface area contributed by atoms with Gasteiger partial charge in [0.25, 0.3) is 5.91 Å². The lowest BCUT2D eigenvalue weighted by molar-refractivity contribution is -0.136. The quantitative estimate of drug-likeness (QED) is 0.800. The Bertz CT molecular complexity index is 816. The summed E-state index contributed by atoms with van der Waals surface area (Å²) in [6, 6.07) is 6.90. The van der Waals surface area contributed by atoms with Crippen molar-refractivity contribution >= 4 is 16.9 Å². The fourth-order valence-corrected chi connectivity index (χ4v) is 3.70. The number of piperidine rings is 1. The Kier molecular flexibility index (Phi) is 5.11. The second-order valence-corrected chi connectivity index (χ2v) is 7.14. The van der Waals surface area contributed by atoms with Gasteiger partial charge >= 0.3 is 5.63 Å². The number of likely N-dealkylation sites (tertiary alicyclic amines) is 1. The smallest absolute Gasteiger partial charge is 0.336 e. The Hall–Kier alpha value is -2.30. The van der Waals surface area contributed by atoms with Crippen molar-refractivity contribution in [2.75, 3.05) is 19.7 Å². The van der Waals surface area contributed by atoms with Crippen LogP contribution in [0.15, 0.2) is 33.5 Å². The van der Waals surface area contributed by atoms with Gasteiger partial charge in [-0.1, -0.05) is 20.8 Å². The SMILES string of the molecule is CCc1cc(=O)oc2cc(OCC(=O)N3CC(C)CC(C)C3)ccc12. The van der Waals surface area contributed by atoms with E-state index < -0.39 is 0 Å². The van der Waals surface area contributed by atoms with Gasteiger partial charge in [0.05, 0.1) is 0 Å². The van der Waals surface area contributed by atoms with E-state index in [1.807, 2.05) is 24.0 Å². The van der Waals surface area contributed by atoms with Crippen molar-refractivity contribution in [2.45, 2.75) is 33.6 Å². The first-order valence-electron chi connectivity index (χ1n) is 8.93. The lowest BCUT2D eigenvalue weighted by Gasteiger charge is -2.34. The maximum atomic E-state index is 12.4. The Labute approximate surface area is 147 Å². The van der Waals surface area contributed by atoms with Gasteiger partial charge in [0, 0.05) is 30.6 Å². The molecular weight excluding hydrogens is 318 g/mol. The van der Waals surface area contributed by atoms with Crippen molar-refractivity contribution in [3.63, 3.8) is 0 Å². The second kappa shape index (κ2) is 7.30. The van der Waals surface area contributed by atoms with Crippen LogP contribution in [0, 0.1) is 11.8 Å². The summed E-state index contributed by atoms with van der Waals surface area (Å²) < 4.78 is 10.9. The van der Waals surface area contributed by atoms with E-state index in [9.17, 15) is 9.59 Å². The van der Waals surface area contributed by atoms with Crippen molar-refractivity contribution in [1.29, 1.82) is 0 Å². The van der Waals surface area contributed by atoms with Gasteiger partial charge in [0.15, 0.2) is 6.61 Å². The van der Waals surface area contributed by atoms with Gasteiger partial charge in [-0.3, -0.25) is 4.79 Å². The monoisotopic (exact) mass is 343 g/mol. The molecule has 0 N–H and O–H groups in total. The first-order chi connectivity index (χ1) is 12.0. The molecule has 1 amide bonds. The summed E-state index contributed by atoms with van der Waals surface area (Å²) in [6.45, 7) is 7.93. The van der Waals surface area contributed by atoms with Gasteiger partial charge in [0.2, 0.25) is 0 Å². The minimum atomic E-state index is -0.367. The van der Waals surface area contributed by atoms with Crippen LogP contribution in [0.1, 0.15) is 32.8 Å². The maximum absolute atomic E-state index is 12.4. The Morgan fingerprint density at radius 2 is 1.96 bits per heavy atom. The molecule has 2 aromatic rings. The van der Waals surface area contributed by atoms with Crippen LogP contribution in [0.3, 0.4) is 0 Å². The highest BCUT2D eigenvalue weighted by Gasteiger charge is 2.25. The first kappa shape index (κ1) is 17.5. The molecule has 1 aliphatic rings. The topological polar surface area (TPSA) is 59.8 Å². The summed E-state index contributed by atoms with van der Waals surface area (Å²) >= 11 is 0. The second-order valence-electron chi connectivity index (χ2n) is 7.14. The van der Waals surface area contributed by atoms with Gasteiger partial charge in [-0.25, -0.2) is 4.79 Å². The van der Waals surface area contributed by atoms with Crippen LogP contribution in [0.4, 0.5) is 0 Å². The molecule has 0 radical (unpaired) electrons. The highest BCUT2D eigenvalue weighted by Crippen LogP contribution is 2.24. The van der Waals surface area contributed by atoms with Crippen molar-refractivity contribution in [3.05, 3.63) is 40.2 Å². The number of carbonyl (C=O) groups is 1. The molecule has 1 aromatic carbocycles. The summed E-state index contributed by atoms with van der Waals surface area (Å²) in [5, 5.41) is 0.902. The summed E-state index contributed by atoms with van der Waals surface area (Å²) in [6.07, 6.45) is 1.92. The third kappa shape index (κ3) is 4.03. The standard InChI is InChI=1S/C20H25NO4/c1-4-15-8-20(23)25-18-9-16(5-6-17(15)18)24-12-19(22)21-10-13(2)7-14(3)11-21/h5-6,8-9,13-14H,4,7,10-12H2,1-3H3. The minimum Gasteiger partial charge on any atom is -0.484 e. The van der Waals surface area contributed by atoms with Crippen LogP contribution in [0.25, 0.3) is 11.0 Å². The lowest BCUT2D eigenvalue weighted by atomic mass is 9.92. The zero-order valence-corrected chi connectivity index (χ0v) is 15.1. The highest BCUT2D eigenvalue weighted by atomic mass is 16.5. The number of benzene rings is 1. The van der Waals surface area contributed by atoms with E-state index in [-0.39, 0.29) is 18.1 Å². The molecule has 1 aliphatic heterocycles. The molecular formula is C20H25NO4. The molecule has 2 heterocycles. The Morgan fingerprint density at radius 1 is 1.24 bits per heavy atom.